The van der Waals surface area contributed by atoms with Gasteiger partial charge in [0.15, 0.2) is 5.43 Å². The molecule has 13 heavy (non-hydrogen) atoms. The summed E-state index contributed by atoms with van der Waals surface area (Å²) in [5, 5.41) is 0. The molecule has 0 fully saturated rings. The number of nitrogens with zero attached hydrogens (tertiary/aromatic N) is 1. The van der Waals surface area contributed by atoms with Gasteiger partial charge in [-0.3, -0.25) is 4.79 Å². The summed E-state index contributed by atoms with van der Waals surface area (Å²) in [6.45, 7) is 0. The predicted molar refractivity (Wildman–Crippen MR) is 52.0 cm³/mol. The Labute approximate surface area is 76.1 Å². The molecule has 1 aromatic heterocycles. The number of aromatic nitrogens is 1. The van der Waals surface area contributed by atoms with Crippen LogP contribution in [0.5, 0.6) is 0 Å². The van der Waals surface area contributed by atoms with Crippen molar-refractivity contribution < 1.29 is 0 Å². The molecule has 0 radical (unpaired) electrons. The summed E-state index contributed by atoms with van der Waals surface area (Å²) >= 11 is 0. The number of para-hydroxylation sites is 1. The second kappa shape index (κ2) is 3.27. The zero-order valence-electron chi connectivity index (χ0n) is 7.05. The number of hydrogen-bond donors (Lipinski definition) is 0. The molecule has 0 atom stereocenters. The molecule has 0 saturated carbocycles. The molecule has 0 amide bonds. The lowest BCUT2D eigenvalue weighted by Gasteiger charge is -2.03. The molecule has 1 aromatic carbocycles. The highest BCUT2D eigenvalue weighted by molar-refractivity contribution is 5.31. The van der Waals surface area contributed by atoms with Crippen LogP contribution >= 0.6 is 0 Å². The highest BCUT2D eigenvalue weighted by atomic mass is 16.1. The third-order valence-corrected chi connectivity index (χ3v) is 1.85. The van der Waals surface area contributed by atoms with Crippen LogP contribution in [-0.4, -0.2) is 4.57 Å². The van der Waals surface area contributed by atoms with Crippen LogP contribution in [0.2, 0.25) is 0 Å². The molecule has 0 aliphatic rings. The highest BCUT2D eigenvalue weighted by Gasteiger charge is 1.90. The van der Waals surface area contributed by atoms with E-state index in [0.717, 1.165) is 5.69 Å². The number of benzene rings is 1. The van der Waals surface area contributed by atoms with Crippen LogP contribution in [-0.2, 0) is 0 Å². The molecule has 0 N–H and O–H groups in total. The van der Waals surface area contributed by atoms with Crippen molar-refractivity contribution in [1.82, 2.24) is 4.57 Å². The smallest absolute Gasteiger partial charge is 0.181 e. The predicted octanol–water partition coefficient (Wildman–Crippen LogP) is 1.84. The molecule has 64 valence electrons. The Hall–Kier alpha value is -1.83. The molecule has 2 nitrogen and oxygen atoms in total. The number of rotatable bonds is 1. The van der Waals surface area contributed by atoms with Crippen molar-refractivity contribution in [1.29, 1.82) is 0 Å². The Balaban J connectivity index is 2.48. The molecule has 2 aromatic rings. The van der Waals surface area contributed by atoms with Crippen molar-refractivity contribution in [2.45, 2.75) is 0 Å². The van der Waals surface area contributed by atoms with Crippen molar-refractivity contribution in [3.8, 4) is 5.69 Å². The zero-order valence-corrected chi connectivity index (χ0v) is 7.05. The Morgan fingerprint density at radius 2 is 1.46 bits per heavy atom. The maximum atomic E-state index is 10.8. The van der Waals surface area contributed by atoms with Gasteiger partial charge >= 0.3 is 0 Å². The lowest BCUT2D eigenvalue weighted by atomic mass is 10.3. The van der Waals surface area contributed by atoms with Gasteiger partial charge in [0.25, 0.3) is 0 Å². The zero-order chi connectivity index (χ0) is 9.10. The molecular formula is C11H9NO. The van der Waals surface area contributed by atoms with Crippen molar-refractivity contribution in [2.24, 2.45) is 0 Å². The van der Waals surface area contributed by atoms with Gasteiger partial charge in [-0.2, -0.15) is 0 Å². The molecule has 0 unspecified atom stereocenters. The maximum absolute atomic E-state index is 10.8. The van der Waals surface area contributed by atoms with E-state index in [1.54, 1.807) is 24.5 Å². The van der Waals surface area contributed by atoms with E-state index in [2.05, 4.69) is 0 Å². The van der Waals surface area contributed by atoms with E-state index < -0.39 is 0 Å². The number of hydrogen-bond acceptors (Lipinski definition) is 1. The largest absolute Gasteiger partial charge is 0.324 e. The minimum absolute atomic E-state index is 0.0344. The quantitative estimate of drug-likeness (QED) is 0.641. The Morgan fingerprint density at radius 1 is 0.846 bits per heavy atom. The van der Waals surface area contributed by atoms with Crippen LogP contribution in [0.25, 0.3) is 5.69 Å². The first-order chi connectivity index (χ1) is 6.36. The van der Waals surface area contributed by atoms with Crippen molar-refractivity contribution in [3.63, 3.8) is 0 Å². The standard InChI is InChI=1S/C11H9NO/c13-11-6-8-12(9-7-11)10-4-2-1-3-5-10/h1-9H. The first-order valence-electron chi connectivity index (χ1n) is 4.10. The Kier molecular flexibility index (Phi) is 1.96. The second-order valence-electron chi connectivity index (χ2n) is 2.78. The van der Waals surface area contributed by atoms with Crippen molar-refractivity contribution in [2.75, 3.05) is 0 Å². The normalized spacial score (nSPS) is 9.85. The fourth-order valence-electron chi connectivity index (χ4n) is 1.19. The third-order valence-electron chi connectivity index (χ3n) is 1.85. The number of pyridine rings is 1. The summed E-state index contributed by atoms with van der Waals surface area (Å²) in [5.41, 5.74) is 1.09. The molecule has 0 spiro atoms. The minimum Gasteiger partial charge on any atom is -0.324 e. The van der Waals surface area contributed by atoms with Crippen molar-refractivity contribution in [3.05, 3.63) is 65.1 Å². The highest BCUT2D eigenvalue weighted by Crippen LogP contribution is 2.03. The molecule has 2 rings (SSSR count). The lowest BCUT2D eigenvalue weighted by Crippen LogP contribution is -2.01. The molecule has 1 heterocycles. The van der Waals surface area contributed by atoms with Gasteiger partial charge in [0.1, 0.15) is 0 Å². The minimum atomic E-state index is 0.0344. The Bertz CT molecular complexity index is 425. The summed E-state index contributed by atoms with van der Waals surface area (Å²) in [6, 6.07) is 13.0. The maximum Gasteiger partial charge on any atom is 0.181 e. The van der Waals surface area contributed by atoms with E-state index in [4.69, 9.17) is 0 Å². The first-order valence-corrected chi connectivity index (χ1v) is 4.10. The van der Waals surface area contributed by atoms with Gasteiger partial charge in [-0.25, -0.2) is 0 Å². The van der Waals surface area contributed by atoms with Gasteiger partial charge in [-0.15, -0.1) is 0 Å². The van der Waals surface area contributed by atoms with Gasteiger partial charge in [0, 0.05) is 30.2 Å². The van der Waals surface area contributed by atoms with E-state index >= 15 is 0 Å². The lowest BCUT2D eigenvalue weighted by molar-refractivity contribution is 1.04. The Morgan fingerprint density at radius 3 is 2.08 bits per heavy atom. The van der Waals surface area contributed by atoms with Crippen LogP contribution in [0, 0.1) is 0 Å². The summed E-state index contributed by atoms with van der Waals surface area (Å²) in [5.74, 6) is 0. The molecule has 0 aliphatic heterocycles. The summed E-state index contributed by atoms with van der Waals surface area (Å²) in [6.07, 6.45) is 3.52. The molecule has 2 heteroatoms. The average molecular weight is 171 g/mol. The van der Waals surface area contributed by atoms with Crippen LogP contribution in [0.3, 0.4) is 0 Å². The third kappa shape index (κ3) is 1.67. The average Bonchev–Trinajstić information content (AvgIpc) is 2.20. The summed E-state index contributed by atoms with van der Waals surface area (Å²) in [4.78, 5) is 10.8. The topological polar surface area (TPSA) is 22.0 Å². The van der Waals surface area contributed by atoms with Gasteiger partial charge in [-0.05, 0) is 12.1 Å². The van der Waals surface area contributed by atoms with E-state index in [1.807, 2.05) is 34.9 Å². The van der Waals surface area contributed by atoms with Crippen LogP contribution < -0.4 is 5.43 Å². The molecular weight excluding hydrogens is 162 g/mol. The van der Waals surface area contributed by atoms with E-state index in [1.165, 1.54) is 0 Å². The monoisotopic (exact) mass is 171 g/mol. The van der Waals surface area contributed by atoms with E-state index in [9.17, 15) is 4.79 Å². The van der Waals surface area contributed by atoms with E-state index in [0.29, 0.717) is 0 Å². The molecule has 0 aliphatic carbocycles. The van der Waals surface area contributed by atoms with Crippen LogP contribution in [0.1, 0.15) is 0 Å². The first kappa shape index (κ1) is 7.80. The summed E-state index contributed by atoms with van der Waals surface area (Å²) < 4.78 is 1.90. The summed E-state index contributed by atoms with van der Waals surface area (Å²) in [7, 11) is 0. The van der Waals surface area contributed by atoms with Gasteiger partial charge in [0.2, 0.25) is 0 Å². The molecule has 0 saturated heterocycles. The van der Waals surface area contributed by atoms with Crippen LogP contribution in [0.4, 0.5) is 0 Å². The van der Waals surface area contributed by atoms with Gasteiger partial charge in [0.05, 0.1) is 0 Å². The second-order valence-corrected chi connectivity index (χ2v) is 2.78. The van der Waals surface area contributed by atoms with Crippen LogP contribution in [0.15, 0.2) is 59.7 Å². The fraction of sp³-hybridized carbons (Fsp3) is 0. The van der Waals surface area contributed by atoms with Gasteiger partial charge < -0.3 is 4.57 Å². The van der Waals surface area contributed by atoms with Crippen molar-refractivity contribution >= 4 is 0 Å². The van der Waals surface area contributed by atoms with Gasteiger partial charge in [-0.1, -0.05) is 18.2 Å². The SMILES string of the molecule is O=c1ccn(-c2ccccc2)cc1. The fourth-order valence-corrected chi connectivity index (χ4v) is 1.19. The molecule has 0 bridgehead atoms. The van der Waals surface area contributed by atoms with E-state index in [-0.39, 0.29) is 5.43 Å².